The van der Waals surface area contributed by atoms with Gasteiger partial charge < -0.3 is 10.2 Å². The maximum absolute atomic E-state index is 12.8. The number of amides is 1. The van der Waals surface area contributed by atoms with E-state index in [4.69, 9.17) is 0 Å². The fraction of sp³-hybridized carbons (Fsp3) is 0.611. The van der Waals surface area contributed by atoms with Gasteiger partial charge >= 0.3 is 0 Å². The second-order valence-electron chi connectivity index (χ2n) is 7.86. The minimum Gasteiger partial charge on any atom is -0.340 e. The van der Waals surface area contributed by atoms with Gasteiger partial charge in [-0.05, 0) is 23.1 Å². The highest BCUT2D eigenvalue weighted by atomic mass is 32.2. The van der Waals surface area contributed by atoms with Gasteiger partial charge in [0.15, 0.2) is 0 Å². The van der Waals surface area contributed by atoms with E-state index in [1.165, 1.54) is 4.31 Å². The van der Waals surface area contributed by atoms with Crippen molar-refractivity contribution >= 4 is 15.9 Å². The lowest BCUT2D eigenvalue weighted by atomic mass is 9.87. The van der Waals surface area contributed by atoms with Crippen LogP contribution in [0.15, 0.2) is 29.2 Å². The van der Waals surface area contributed by atoms with Gasteiger partial charge in [0, 0.05) is 39.3 Å². The summed E-state index contributed by atoms with van der Waals surface area (Å²) in [4.78, 5) is 14.4. The first kappa shape index (κ1) is 18.4. The van der Waals surface area contributed by atoms with Crippen molar-refractivity contribution in [1.82, 2.24) is 14.5 Å². The molecule has 2 heterocycles. The number of rotatable bonds is 3. The molecule has 0 radical (unpaired) electrons. The summed E-state index contributed by atoms with van der Waals surface area (Å²) in [5.74, 6) is 0.207. The van der Waals surface area contributed by atoms with Crippen LogP contribution in [0.5, 0.6) is 0 Å². The van der Waals surface area contributed by atoms with Crippen LogP contribution in [0.3, 0.4) is 0 Å². The third-order valence-electron chi connectivity index (χ3n) is 5.04. The first-order valence-electron chi connectivity index (χ1n) is 8.80. The van der Waals surface area contributed by atoms with Crippen LogP contribution in [0.2, 0.25) is 0 Å². The summed E-state index contributed by atoms with van der Waals surface area (Å²) in [7, 11) is -3.50. The molecule has 1 amide bonds. The smallest absolute Gasteiger partial charge is 0.243 e. The third-order valence-corrected chi connectivity index (χ3v) is 6.95. The molecule has 2 fully saturated rings. The fourth-order valence-electron chi connectivity index (χ4n) is 3.15. The van der Waals surface area contributed by atoms with Crippen LogP contribution in [-0.4, -0.2) is 62.8 Å². The molecule has 0 aromatic heterocycles. The van der Waals surface area contributed by atoms with Crippen LogP contribution < -0.4 is 5.32 Å². The zero-order valence-corrected chi connectivity index (χ0v) is 16.0. The maximum Gasteiger partial charge on any atom is 0.243 e. The third kappa shape index (κ3) is 3.73. The van der Waals surface area contributed by atoms with Gasteiger partial charge in [-0.1, -0.05) is 32.9 Å². The molecule has 7 heteroatoms. The number of piperazine rings is 1. The summed E-state index contributed by atoms with van der Waals surface area (Å²) in [6, 6.07) is 7.15. The lowest BCUT2D eigenvalue weighted by Crippen LogP contribution is -2.57. The molecule has 1 aromatic rings. The number of carbonyl (C=O) groups is 1. The standard InChI is InChI=1S/C18H27N3O3S/c1-18(2,3)15-4-6-16(7-5-15)25(23,24)21-10-8-20(9-11-21)17(22)14-12-19-13-14/h4-7,14,19H,8-13H2,1-3H3. The highest BCUT2D eigenvalue weighted by molar-refractivity contribution is 7.89. The van der Waals surface area contributed by atoms with Crippen LogP contribution in [0, 0.1) is 5.92 Å². The number of sulfonamides is 1. The number of nitrogens with zero attached hydrogens (tertiary/aromatic N) is 2. The molecule has 1 aromatic carbocycles. The zero-order valence-electron chi connectivity index (χ0n) is 15.2. The second-order valence-corrected chi connectivity index (χ2v) is 9.80. The summed E-state index contributed by atoms with van der Waals surface area (Å²) in [6.45, 7) is 9.42. The second kappa shape index (κ2) is 6.70. The van der Waals surface area contributed by atoms with Crippen molar-refractivity contribution in [2.75, 3.05) is 39.3 Å². The van der Waals surface area contributed by atoms with Crippen molar-refractivity contribution in [2.45, 2.75) is 31.1 Å². The Hall–Kier alpha value is -1.44. The molecule has 0 atom stereocenters. The van der Waals surface area contributed by atoms with Gasteiger partial charge in [0.2, 0.25) is 15.9 Å². The lowest BCUT2D eigenvalue weighted by Gasteiger charge is -2.38. The van der Waals surface area contributed by atoms with E-state index in [1.807, 2.05) is 12.1 Å². The Morgan fingerprint density at radius 3 is 2.04 bits per heavy atom. The van der Waals surface area contributed by atoms with Crippen molar-refractivity contribution < 1.29 is 13.2 Å². The predicted octanol–water partition coefficient (Wildman–Crippen LogP) is 1.04. The Morgan fingerprint density at radius 2 is 1.60 bits per heavy atom. The quantitative estimate of drug-likeness (QED) is 0.869. The summed E-state index contributed by atoms with van der Waals surface area (Å²) in [6.07, 6.45) is 0. The van der Waals surface area contributed by atoms with Crippen LogP contribution in [-0.2, 0) is 20.2 Å². The Balaban J connectivity index is 1.66. The molecule has 2 saturated heterocycles. The van der Waals surface area contributed by atoms with E-state index in [2.05, 4.69) is 26.1 Å². The molecule has 25 heavy (non-hydrogen) atoms. The zero-order chi connectivity index (χ0) is 18.2. The number of hydrogen-bond acceptors (Lipinski definition) is 4. The van der Waals surface area contributed by atoms with Gasteiger partial charge in [-0.2, -0.15) is 4.31 Å². The summed E-state index contributed by atoms with van der Waals surface area (Å²) < 4.78 is 27.2. The van der Waals surface area contributed by atoms with Crippen molar-refractivity contribution in [1.29, 1.82) is 0 Å². The lowest BCUT2D eigenvalue weighted by molar-refractivity contribution is -0.138. The Bertz CT molecular complexity index is 726. The Labute approximate surface area is 150 Å². The molecule has 6 nitrogen and oxygen atoms in total. The molecule has 0 saturated carbocycles. The molecule has 0 aliphatic carbocycles. The minimum absolute atomic E-state index is 0.00926. The van der Waals surface area contributed by atoms with Crippen LogP contribution in [0.4, 0.5) is 0 Å². The van der Waals surface area contributed by atoms with Crippen molar-refractivity contribution in [3.8, 4) is 0 Å². The van der Waals surface area contributed by atoms with E-state index in [0.717, 1.165) is 18.7 Å². The molecular formula is C18H27N3O3S. The number of benzene rings is 1. The summed E-state index contributed by atoms with van der Waals surface area (Å²) in [5, 5.41) is 3.10. The van der Waals surface area contributed by atoms with Gasteiger partial charge in [-0.3, -0.25) is 4.79 Å². The van der Waals surface area contributed by atoms with Crippen molar-refractivity contribution in [3.63, 3.8) is 0 Å². The maximum atomic E-state index is 12.8. The summed E-state index contributed by atoms with van der Waals surface area (Å²) >= 11 is 0. The molecule has 138 valence electrons. The van der Waals surface area contributed by atoms with E-state index in [9.17, 15) is 13.2 Å². The van der Waals surface area contributed by atoms with Crippen LogP contribution in [0.25, 0.3) is 0 Å². The van der Waals surface area contributed by atoms with E-state index in [0.29, 0.717) is 31.1 Å². The average Bonchev–Trinajstić information content (AvgIpc) is 2.52. The van der Waals surface area contributed by atoms with Gasteiger partial charge in [-0.25, -0.2) is 8.42 Å². The number of nitrogens with one attached hydrogen (secondary N) is 1. The van der Waals surface area contributed by atoms with E-state index < -0.39 is 10.0 Å². The molecule has 0 spiro atoms. The van der Waals surface area contributed by atoms with Crippen LogP contribution in [0.1, 0.15) is 26.3 Å². The van der Waals surface area contributed by atoms with E-state index in [-0.39, 0.29) is 17.2 Å². The van der Waals surface area contributed by atoms with Gasteiger partial charge in [0.05, 0.1) is 10.8 Å². The van der Waals surface area contributed by atoms with Gasteiger partial charge in [0.1, 0.15) is 0 Å². The van der Waals surface area contributed by atoms with E-state index in [1.54, 1.807) is 17.0 Å². The van der Waals surface area contributed by atoms with E-state index >= 15 is 0 Å². The van der Waals surface area contributed by atoms with Gasteiger partial charge in [-0.15, -0.1) is 0 Å². The monoisotopic (exact) mass is 365 g/mol. The first-order valence-corrected chi connectivity index (χ1v) is 10.2. The minimum atomic E-state index is -3.50. The Kier molecular flexibility index (Phi) is 4.92. The Morgan fingerprint density at radius 1 is 1.04 bits per heavy atom. The largest absolute Gasteiger partial charge is 0.340 e. The average molecular weight is 365 g/mol. The first-order chi connectivity index (χ1) is 11.7. The van der Waals surface area contributed by atoms with Crippen LogP contribution >= 0.6 is 0 Å². The highest BCUT2D eigenvalue weighted by Gasteiger charge is 2.34. The van der Waals surface area contributed by atoms with Crippen molar-refractivity contribution in [2.24, 2.45) is 5.92 Å². The fourth-order valence-corrected chi connectivity index (χ4v) is 4.57. The molecule has 0 unspecified atom stereocenters. The number of carbonyl (C=O) groups excluding carboxylic acids is 1. The van der Waals surface area contributed by atoms with Gasteiger partial charge in [0.25, 0.3) is 0 Å². The highest BCUT2D eigenvalue weighted by Crippen LogP contribution is 2.25. The predicted molar refractivity (Wildman–Crippen MR) is 96.8 cm³/mol. The molecule has 1 N–H and O–H groups in total. The molecule has 3 rings (SSSR count). The SMILES string of the molecule is CC(C)(C)c1ccc(S(=O)(=O)N2CCN(C(=O)C3CNC3)CC2)cc1. The molecule has 2 aliphatic heterocycles. The topological polar surface area (TPSA) is 69.7 Å². The summed E-state index contributed by atoms with van der Waals surface area (Å²) in [5.41, 5.74) is 1.10. The van der Waals surface area contributed by atoms with Crippen molar-refractivity contribution in [3.05, 3.63) is 29.8 Å². The molecule has 2 aliphatic rings. The normalized spacial score (nSPS) is 20.4. The molecular weight excluding hydrogens is 338 g/mol. The number of hydrogen-bond donors (Lipinski definition) is 1. The molecule has 0 bridgehead atoms.